The third kappa shape index (κ3) is 7.05. The molecule has 42 heavy (non-hydrogen) atoms. The highest BCUT2D eigenvalue weighted by Crippen LogP contribution is 2.33. The van der Waals surface area contributed by atoms with Crippen LogP contribution in [0.4, 0.5) is 5.69 Å². The zero-order valence-electron chi connectivity index (χ0n) is 25.4. The van der Waals surface area contributed by atoms with Crippen molar-refractivity contribution in [1.82, 2.24) is 10.3 Å². The lowest BCUT2D eigenvalue weighted by molar-refractivity contribution is -0.141. The van der Waals surface area contributed by atoms with Gasteiger partial charge in [0.2, 0.25) is 11.8 Å². The maximum atomic E-state index is 14.1. The van der Waals surface area contributed by atoms with Crippen molar-refractivity contribution >= 4 is 23.5 Å². The molecule has 2 atom stereocenters. The number of hydrogen-bond acceptors (Lipinski definition) is 6. The normalized spacial score (nSPS) is 14.4. The Morgan fingerprint density at radius 2 is 1.74 bits per heavy atom. The number of amides is 2. The van der Waals surface area contributed by atoms with E-state index in [2.05, 4.69) is 22.4 Å². The number of rotatable bonds is 11. The summed E-state index contributed by atoms with van der Waals surface area (Å²) in [7, 11) is 3.00. The van der Waals surface area contributed by atoms with Crippen LogP contribution in [0.5, 0.6) is 0 Å². The van der Waals surface area contributed by atoms with Crippen molar-refractivity contribution in [3.05, 3.63) is 82.7 Å². The summed E-state index contributed by atoms with van der Waals surface area (Å²) in [6.45, 7) is 8.68. The number of ether oxygens (including phenoxy) is 2. The summed E-state index contributed by atoms with van der Waals surface area (Å²) in [5, 5.41) is 3.10. The average molecular weight is 572 g/mol. The maximum absolute atomic E-state index is 14.1. The number of pyridine rings is 1. The summed E-state index contributed by atoms with van der Waals surface area (Å²) in [5.41, 5.74) is 7.66. The number of esters is 1. The van der Waals surface area contributed by atoms with Gasteiger partial charge in [-0.1, -0.05) is 44.2 Å². The molecular formula is C34H41N3O5. The minimum atomic E-state index is -0.729. The molecule has 222 valence electrons. The summed E-state index contributed by atoms with van der Waals surface area (Å²) < 4.78 is 10.3. The Hall–Kier alpha value is -4.04. The van der Waals surface area contributed by atoms with Crippen molar-refractivity contribution in [1.29, 1.82) is 0 Å². The quantitative estimate of drug-likeness (QED) is 0.300. The van der Waals surface area contributed by atoms with Gasteiger partial charge in [0.05, 0.1) is 26.2 Å². The zero-order chi connectivity index (χ0) is 30.4. The van der Waals surface area contributed by atoms with Crippen molar-refractivity contribution in [3.8, 4) is 11.1 Å². The van der Waals surface area contributed by atoms with Gasteiger partial charge >= 0.3 is 5.97 Å². The molecule has 1 aliphatic heterocycles. The van der Waals surface area contributed by atoms with E-state index in [1.807, 2.05) is 58.0 Å². The minimum absolute atomic E-state index is 0.0724. The topological polar surface area (TPSA) is 97.8 Å². The smallest absolute Gasteiger partial charge is 0.307 e. The van der Waals surface area contributed by atoms with Crippen LogP contribution >= 0.6 is 0 Å². The van der Waals surface area contributed by atoms with Crippen LogP contribution in [-0.2, 0) is 36.9 Å². The number of para-hydroxylation sites is 1. The van der Waals surface area contributed by atoms with E-state index in [0.717, 1.165) is 39.1 Å². The predicted octanol–water partition coefficient (Wildman–Crippen LogP) is 5.63. The fourth-order valence-electron chi connectivity index (χ4n) is 5.89. The molecule has 0 radical (unpaired) electrons. The number of aromatic nitrogens is 1. The van der Waals surface area contributed by atoms with Crippen LogP contribution in [0.1, 0.15) is 67.0 Å². The largest absolute Gasteiger partial charge is 0.469 e. The summed E-state index contributed by atoms with van der Waals surface area (Å²) >= 11 is 0. The molecule has 1 unspecified atom stereocenters. The lowest BCUT2D eigenvalue weighted by atomic mass is 9.92. The number of methoxy groups -OCH3 is 2. The maximum Gasteiger partial charge on any atom is 0.307 e. The number of anilines is 1. The predicted molar refractivity (Wildman–Crippen MR) is 163 cm³/mol. The molecule has 0 saturated carbocycles. The van der Waals surface area contributed by atoms with Gasteiger partial charge in [-0.25, -0.2) is 0 Å². The van der Waals surface area contributed by atoms with E-state index in [1.165, 1.54) is 7.11 Å². The Bertz CT molecular complexity index is 1430. The van der Waals surface area contributed by atoms with Gasteiger partial charge in [0.1, 0.15) is 6.04 Å². The van der Waals surface area contributed by atoms with E-state index >= 15 is 0 Å². The van der Waals surface area contributed by atoms with E-state index in [1.54, 1.807) is 24.4 Å². The number of hydrogen-bond donors (Lipinski definition) is 1. The Kier molecular flexibility index (Phi) is 10.1. The number of carbonyl (C=O) groups excluding carboxylic acids is 3. The van der Waals surface area contributed by atoms with Gasteiger partial charge in [-0.2, -0.15) is 0 Å². The van der Waals surface area contributed by atoms with E-state index in [0.29, 0.717) is 31.4 Å². The van der Waals surface area contributed by atoms with E-state index in [-0.39, 0.29) is 24.2 Å². The Morgan fingerprint density at radius 1 is 1.02 bits per heavy atom. The lowest BCUT2D eigenvalue weighted by Crippen LogP contribution is -2.52. The third-order valence-electron chi connectivity index (χ3n) is 7.71. The second-order valence-electron chi connectivity index (χ2n) is 11.4. The van der Waals surface area contributed by atoms with E-state index < -0.39 is 18.1 Å². The fourth-order valence-corrected chi connectivity index (χ4v) is 5.89. The highest BCUT2D eigenvalue weighted by atomic mass is 16.5. The van der Waals surface area contributed by atoms with Gasteiger partial charge in [-0.05, 0) is 78.1 Å². The lowest BCUT2D eigenvalue weighted by Gasteiger charge is -2.37. The van der Waals surface area contributed by atoms with Gasteiger partial charge in [0, 0.05) is 37.2 Å². The molecule has 8 nitrogen and oxygen atoms in total. The molecule has 0 spiro atoms. The number of nitrogens with one attached hydrogen (secondary N) is 1. The molecule has 4 rings (SSSR count). The standard InChI is InChI=1S/C34H41N3O5/c1-21(2)13-30(37-29-10-8-7-9-25(29)11-12-31(37)38)34(40)36-28(17-32(39)42-6)26-16-27(19-35-18-26)33-22(3)14-24(20-41-5)15-23(33)4/h7-10,14-16,18-19,21,28,30H,11-13,17,20H2,1-6H3,(H,36,40)/t28-,30?/m0/s1. The minimum Gasteiger partial charge on any atom is -0.469 e. The molecule has 0 fully saturated rings. The van der Waals surface area contributed by atoms with Crippen LogP contribution in [-0.4, -0.2) is 43.0 Å². The number of nitrogens with zero attached hydrogens (tertiary/aromatic N) is 2. The van der Waals surface area contributed by atoms with Crippen molar-refractivity contribution in [2.45, 2.75) is 72.1 Å². The summed E-state index contributed by atoms with van der Waals surface area (Å²) in [4.78, 5) is 46.0. The van der Waals surface area contributed by atoms with Gasteiger partial charge in [0.15, 0.2) is 0 Å². The molecule has 2 aromatic carbocycles. The van der Waals surface area contributed by atoms with Gasteiger partial charge in [-0.3, -0.25) is 24.3 Å². The third-order valence-corrected chi connectivity index (χ3v) is 7.71. The highest BCUT2D eigenvalue weighted by Gasteiger charge is 2.36. The number of fused-ring (bicyclic) bond motifs is 1. The van der Waals surface area contributed by atoms with Gasteiger partial charge in [0.25, 0.3) is 0 Å². The van der Waals surface area contributed by atoms with Crippen LogP contribution in [0.25, 0.3) is 11.1 Å². The van der Waals surface area contributed by atoms with Crippen molar-refractivity contribution in [2.75, 3.05) is 19.1 Å². The van der Waals surface area contributed by atoms with E-state index in [4.69, 9.17) is 9.47 Å². The highest BCUT2D eigenvalue weighted by molar-refractivity contribution is 6.03. The molecule has 2 heterocycles. The van der Waals surface area contributed by atoms with Crippen molar-refractivity contribution in [3.63, 3.8) is 0 Å². The molecule has 3 aromatic rings. The summed E-state index contributed by atoms with van der Waals surface area (Å²) in [5.74, 6) is -0.699. The second-order valence-corrected chi connectivity index (χ2v) is 11.4. The molecule has 0 bridgehead atoms. The number of carbonyl (C=O) groups is 3. The SMILES string of the molecule is COCc1cc(C)c(-c2cncc([C@H](CC(=O)OC)NC(=O)C(CC(C)C)N3C(=O)CCc4ccccc43)c2)c(C)c1. The zero-order valence-corrected chi connectivity index (χ0v) is 25.4. The summed E-state index contributed by atoms with van der Waals surface area (Å²) in [6, 6.07) is 12.5. The monoisotopic (exact) mass is 571 g/mol. The molecule has 0 aliphatic carbocycles. The van der Waals surface area contributed by atoms with Crippen LogP contribution < -0.4 is 10.2 Å². The summed E-state index contributed by atoms with van der Waals surface area (Å²) in [6.07, 6.45) is 4.85. The van der Waals surface area contributed by atoms with Crippen molar-refractivity contribution in [2.24, 2.45) is 5.92 Å². The fraction of sp³-hybridized carbons (Fsp3) is 0.412. The van der Waals surface area contributed by atoms with Gasteiger partial charge < -0.3 is 14.8 Å². The Balaban J connectivity index is 1.70. The first kappa shape index (κ1) is 30.9. The van der Waals surface area contributed by atoms with Crippen LogP contribution in [0, 0.1) is 19.8 Å². The number of benzene rings is 2. The molecule has 1 N–H and O–H groups in total. The number of aryl methyl sites for hydroxylation is 3. The molecule has 0 saturated heterocycles. The molecular weight excluding hydrogens is 530 g/mol. The first-order valence-corrected chi connectivity index (χ1v) is 14.4. The van der Waals surface area contributed by atoms with Crippen LogP contribution in [0.3, 0.4) is 0 Å². The van der Waals surface area contributed by atoms with E-state index in [9.17, 15) is 14.4 Å². The average Bonchev–Trinajstić information content (AvgIpc) is 2.95. The second kappa shape index (κ2) is 13.7. The van der Waals surface area contributed by atoms with Crippen molar-refractivity contribution < 1.29 is 23.9 Å². The van der Waals surface area contributed by atoms with Gasteiger partial charge in [-0.15, -0.1) is 0 Å². The molecule has 2 amide bonds. The Morgan fingerprint density at radius 3 is 2.40 bits per heavy atom. The molecule has 1 aliphatic rings. The molecule has 1 aromatic heterocycles. The van der Waals surface area contributed by atoms with Crippen LogP contribution in [0.2, 0.25) is 0 Å². The Labute approximate surface area is 248 Å². The first-order chi connectivity index (χ1) is 20.1. The van der Waals surface area contributed by atoms with Crippen LogP contribution in [0.15, 0.2) is 54.9 Å². The first-order valence-electron chi connectivity index (χ1n) is 14.4. The molecule has 8 heteroatoms.